The average Bonchev–Trinajstić information content (AvgIpc) is 2.89. The molecule has 102 valence electrons. The highest BCUT2D eigenvalue weighted by Crippen LogP contribution is 2.27. The lowest BCUT2D eigenvalue weighted by Crippen LogP contribution is -2.25. The fraction of sp³-hybridized carbons (Fsp3) is 0.375. The Bertz CT molecular complexity index is 481. The molecular weight excluding hydrogens is 254 g/mol. The summed E-state index contributed by atoms with van der Waals surface area (Å²) in [5, 5.41) is 13.0. The van der Waals surface area contributed by atoms with Gasteiger partial charge in [0.15, 0.2) is 0 Å². The van der Waals surface area contributed by atoms with Crippen LogP contribution in [0.3, 0.4) is 0 Å². The van der Waals surface area contributed by atoms with Crippen molar-refractivity contribution < 1.29 is 5.11 Å². The van der Waals surface area contributed by atoms with Gasteiger partial charge in [-0.2, -0.15) is 0 Å². The third kappa shape index (κ3) is 4.46. The Kier molecular flexibility index (Phi) is 5.58. The van der Waals surface area contributed by atoms with Gasteiger partial charge in [0, 0.05) is 22.8 Å². The van der Waals surface area contributed by atoms with Crippen LogP contribution in [0.1, 0.15) is 24.6 Å². The summed E-state index contributed by atoms with van der Waals surface area (Å²) in [4.78, 5) is 2.61. The number of benzene rings is 1. The molecule has 0 spiro atoms. The van der Waals surface area contributed by atoms with Crippen LogP contribution in [-0.4, -0.2) is 17.8 Å². The normalized spacial score (nSPS) is 12.5. The molecule has 1 unspecified atom stereocenters. The van der Waals surface area contributed by atoms with Crippen LogP contribution >= 0.6 is 11.3 Å². The maximum absolute atomic E-state index is 9.65. The van der Waals surface area contributed by atoms with Crippen molar-refractivity contribution in [3.63, 3.8) is 0 Å². The third-order valence-electron chi connectivity index (χ3n) is 3.02. The third-order valence-corrected chi connectivity index (χ3v) is 4.16. The zero-order valence-corrected chi connectivity index (χ0v) is 12.1. The van der Waals surface area contributed by atoms with Gasteiger partial charge in [0.2, 0.25) is 0 Å². The number of thiophene rings is 1. The van der Waals surface area contributed by atoms with Gasteiger partial charge in [-0.1, -0.05) is 43.7 Å². The van der Waals surface area contributed by atoms with Crippen LogP contribution in [0.25, 0.3) is 10.4 Å². The van der Waals surface area contributed by atoms with Gasteiger partial charge in [-0.05, 0) is 24.1 Å². The fourth-order valence-corrected chi connectivity index (χ4v) is 3.01. The van der Waals surface area contributed by atoms with Crippen molar-refractivity contribution in [2.75, 3.05) is 6.54 Å². The molecule has 0 radical (unpaired) electrons. The molecule has 0 aliphatic rings. The first-order valence-corrected chi connectivity index (χ1v) is 7.64. The van der Waals surface area contributed by atoms with Crippen molar-refractivity contribution >= 4 is 11.3 Å². The van der Waals surface area contributed by atoms with E-state index in [1.54, 1.807) is 11.3 Å². The molecular formula is C16H21NOS. The summed E-state index contributed by atoms with van der Waals surface area (Å²) in [6, 6.07) is 14.8. The molecule has 0 aliphatic carbocycles. The lowest BCUT2D eigenvalue weighted by Gasteiger charge is -2.09. The SMILES string of the molecule is CCCC(O)CNCc1ccc(-c2ccccc2)s1. The van der Waals surface area contributed by atoms with Gasteiger partial charge in [0.25, 0.3) is 0 Å². The Morgan fingerprint density at radius 1 is 1.16 bits per heavy atom. The van der Waals surface area contributed by atoms with Crippen LogP contribution in [0.15, 0.2) is 42.5 Å². The van der Waals surface area contributed by atoms with Crippen LogP contribution in [-0.2, 0) is 6.54 Å². The van der Waals surface area contributed by atoms with E-state index in [1.165, 1.54) is 15.3 Å². The van der Waals surface area contributed by atoms with Gasteiger partial charge in [-0.15, -0.1) is 11.3 Å². The van der Waals surface area contributed by atoms with Crippen molar-refractivity contribution in [3.05, 3.63) is 47.3 Å². The number of rotatable bonds is 7. The minimum atomic E-state index is -0.224. The molecule has 3 heteroatoms. The van der Waals surface area contributed by atoms with Crippen molar-refractivity contribution in [3.8, 4) is 10.4 Å². The first-order chi connectivity index (χ1) is 9.29. The van der Waals surface area contributed by atoms with E-state index in [0.717, 1.165) is 19.4 Å². The predicted molar refractivity (Wildman–Crippen MR) is 82.4 cm³/mol. The van der Waals surface area contributed by atoms with Crippen LogP contribution in [0.4, 0.5) is 0 Å². The molecule has 1 aromatic carbocycles. The summed E-state index contributed by atoms with van der Waals surface area (Å²) in [6.07, 6.45) is 1.67. The van der Waals surface area contributed by atoms with Crippen LogP contribution in [0.2, 0.25) is 0 Å². The van der Waals surface area contributed by atoms with E-state index in [2.05, 4.69) is 48.6 Å². The van der Waals surface area contributed by atoms with E-state index >= 15 is 0 Å². The van der Waals surface area contributed by atoms with Crippen LogP contribution < -0.4 is 5.32 Å². The monoisotopic (exact) mass is 275 g/mol. The topological polar surface area (TPSA) is 32.3 Å². The van der Waals surface area contributed by atoms with Gasteiger partial charge in [-0.3, -0.25) is 0 Å². The Labute approximate surface area is 119 Å². The van der Waals surface area contributed by atoms with E-state index in [4.69, 9.17) is 0 Å². The molecule has 19 heavy (non-hydrogen) atoms. The van der Waals surface area contributed by atoms with Gasteiger partial charge in [0.05, 0.1) is 6.10 Å². The number of nitrogens with one attached hydrogen (secondary N) is 1. The molecule has 0 saturated carbocycles. The first-order valence-electron chi connectivity index (χ1n) is 6.82. The zero-order chi connectivity index (χ0) is 13.5. The standard InChI is InChI=1S/C16H21NOS/c1-2-6-14(18)11-17-12-15-9-10-16(19-15)13-7-4-3-5-8-13/h3-5,7-10,14,17-18H,2,6,11-12H2,1H3. The second-order valence-electron chi connectivity index (χ2n) is 4.71. The Morgan fingerprint density at radius 3 is 2.68 bits per heavy atom. The molecule has 0 amide bonds. The molecule has 2 nitrogen and oxygen atoms in total. The number of aliphatic hydroxyl groups excluding tert-OH is 1. The first kappa shape index (κ1) is 14.3. The zero-order valence-electron chi connectivity index (χ0n) is 11.3. The molecule has 2 N–H and O–H groups in total. The van der Waals surface area contributed by atoms with Crippen LogP contribution in [0.5, 0.6) is 0 Å². The summed E-state index contributed by atoms with van der Waals surface area (Å²) >= 11 is 1.81. The molecule has 1 aromatic heterocycles. The fourth-order valence-electron chi connectivity index (χ4n) is 2.03. The Morgan fingerprint density at radius 2 is 1.95 bits per heavy atom. The van der Waals surface area contributed by atoms with E-state index in [9.17, 15) is 5.11 Å². The lowest BCUT2D eigenvalue weighted by atomic mass is 10.2. The van der Waals surface area contributed by atoms with Crippen molar-refractivity contribution in [2.45, 2.75) is 32.4 Å². The molecule has 2 rings (SSSR count). The van der Waals surface area contributed by atoms with Gasteiger partial charge in [0.1, 0.15) is 0 Å². The van der Waals surface area contributed by atoms with Gasteiger partial charge < -0.3 is 10.4 Å². The second-order valence-corrected chi connectivity index (χ2v) is 5.87. The smallest absolute Gasteiger partial charge is 0.0664 e. The van der Waals surface area contributed by atoms with Gasteiger partial charge in [-0.25, -0.2) is 0 Å². The number of hydrogen-bond donors (Lipinski definition) is 2. The largest absolute Gasteiger partial charge is 0.392 e. The average molecular weight is 275 g/mol. The molecule has 0 bridgehead atoms. The minimum absolute atomic E-state index is 0.224. The summed E-state index contributed by atoms with van der Waals surface area (Å²) in [7, 11) is 0. The van der Waals surface area contributed by atoms with Crippen molar-refractivity contribution in [2.24, 2.45) is 0 Å². The van der Waals surface area contributed by atoms with Crippen LogP contribution in [0, 0.1) is 0 Å². The second kappa shape index (κ2) is 7.43. The maximum Gasteiger partial charge on any atom is 0.0664 e. The van der Waals surface area contributed by atoms with E-state index < -0.39 is 0 Å². The summed E-state index contributed by atoms with van der Waals surface area (Å²) in [5.41, 5.74) is 1.27. The molecule has 1 atom stereocenters. The molecule has 0 fully saturated rings. The number of aliphatic hydroxyl groups is 1. The van der Waals surface area contributed by atoms with E-state index in [-0.39, 0.29) is 6.10 Å². The number of hydrogen-bond acceptors (Lipinski definition) is 3. The van der Waals surface area contributed by atoms with E-state index in [1.807, 2.05) is 6.07 Å². The summed E-state index contributed by atoms with van der Waals surface area (Å²) in [6.45, 7) is 3.60. The molecule has 1 heterocycles. The summed E-state index contributed by atoms with van der Waals surface area (Å²) < 4.78 is 0. The van der Waals surface area contributed by atoms with Gasteiger partial charge >= 0.3 is 0 Å². The molecule has 0 saturated heterocycles. The highest BCUT2D eigenvalue weighted by atomic mass is 32.1. The van der Waals surface area contributed by atoms with Crippen molar-refractivity contribution in [1.29, 1.82) is 0 Å². The highest BCUT2D eigenvalue weighted by Gasteiger charge is 2.04. The molecule has 0 aliphatic heterocycles. The van der Waals surface area contributed by atoms with Crippen molar-refractivity contribution in [1.82, 2.24) is 5.32 Å². The highest BCUT2D eigenvalue weighted by molar-refractivity contribution is 7.15. The minimum Gasteiger partial charge on any atom is -0.392 e. The lowest BCUT2D eigenvalue weighted by molar-refractivity contribution is 0.160. The quantitative estimate of drug-likeness (QED) is 0.808. The van der Waals surface area contributed by atoms with E-state index in [0.29, 0.717) is 6.54 Å². The maximum atomic E-state index is 9.65. The summed E-state index contributed by atoms with van der Waals surface area (Å²) in [5.74, 6) is 0. The Balaban J connectivity index is 1.85. The molecule has 2 aromatic rings. The predicted octanol–water partition coefficient (Wildman–Crippen LogP) is 3.67. The Hall–Kier alpha value is -1.16.